The molecule has 0 spiro atoms. The molecule has 3 heterocycles. The third-order valence-corrected chi connectivity index (χ3v) is 7.07. The Morgan fingerprint density at radius 1 is 1.10 bits per heavy atom. The number of aryl methyl sites for hydroxylation is 2. The highest BCUT2D eigenvalue weighted by atomic mass is 16.5. The summed E-state index contributed by atoms with van der Waals surface area (Å²) in [5, 5.41) is 12.4. The number of nitrogens with one attached hydrogen (secondary N) is 1. The molecule has 0 aliphatic carbocycles. The van der Waals surface area contributed by atoms with E-state index in [2.05, 4.69) is 45.4 Å². The molecule has 0 radical (unpaired) electrons. The van der Waals surface area contributed by atoms with E-state index in [0.29, 0.717) is 30.4 Å². The predicted octanol–water partition coefficient (Wildman–Crippen LogP) is 5.21. The van der Waals surface area contributed by atoms with Gasteiger partial charge >= 0.3 is 0 Å². The van der Waals surface area contributed by atoms with Gasteiger partial charge in [-0.05, 0) is 88.0 Å². The Bertz CT molecular complexity index is 1640. The molecule has 0 aliphatic heterocycles. The smallest absolute Gasteiger partial charge is 0.252 e. The minimum absolute atomic E-state index is 0.154. The van der Waals surface area contributed by atoms with Crippen LogP contribution in [0.15, 0.2) is 77.9 Å². The average molecular weight is 568 g/mol. The maximum absolute atomic E-state index is 13.5. The quantitative estimate of drug-likeness (QED) is 0.221. The normalized spacial score (nSPS) is 12.0. The summed E-state index contributed by atoms with van der Waals surface area (Å²) in [5.41, 5.74) is 6.18. The van der Waals surface area contributed by atoms with Gasteiger partial charge in [0.2, 0.25) is 5.89 Å². The van der Waals surface area contributed by atoms with E-state index >= 15 is 0 Å². The Balaban J connectivity index is 1.41. The first kappa shape index (κ1) is 28.8. The van der Waals surface area contributed by atoms with Crippen molar-refractivity contribution in [3.05, 3.63) is 96.1 Å². The van der Waals surface area contributed by atoms with Crippen LogP contribution >= 0.6 is 0 Å². The molecule has 3 aromatic heterocycles. The van der Waals surface area contributed by atoms with Crippen LogP contribution in [-0.4, -0.2) is 62.6 Å². The maximum Gasteiger partial charge on any atom is 0.252 e. The number of oxazole rings is 1. The van der Waals surface area contributed by atoms with E-state index in [1.165, 1.54) is 0 Å². The van der Waals surface area contributed by atoms with Gasteiger partial charge in [-0.2, -0.15) is 10.2 Å². The first-order valence-corrected chi connectivity index (χ1v) is 14.1. The summed E-state index contributed by atoms with van der Waals surface area (Å²) in [6.07, 6.45) is 8.93. The Kier molecular flexibility index (Phi) is 8.83. The van der Waals surface area contributed by atoms with Crippen molar-refractivity contribution < 1.29 is 13.9 Å². The van der Waals surface area contributed by atoms with E-state index in [-0.39, 0.29) is 11.9 Å². The Hall–Kier alpha value is -4.70. The molecule has 10 nitrogen and oxygen atoms in total. The molecule has 10 heteroatoms. The standard InChI is InChI=1S/C32H37N7O3/c1-6-38-11-9-30(36-38)26-16-24(15-25(17-26)27-19-34-39(20-27)21-31-33-10-13-42-31)23(3)35-32(40)29-18-28(8-7-22(29)2)41-14-12-37(4)5/h7-11,13,15-20,23H,6,12,14,21H2,1-5H3,(H,35,40)/t23-/m1/s1. The fourth-order valence-electron chi connectivity index (χ4n) is 4.62. The topological polar surface area (TPSA) is 103 Å². The van der Waals surface area contributed by atoms with Gasteiger partial charge in [0.25, 0.3) is 5.91 Å². The molecule has 0 aliphatic rings. The van der Waals surface area contributed by atoms with Crippen LogP contribution in [0.2, 0.25) is 0 Å². The fraction of sp³-hybridized carbons (Fsp3) is 0.312. The van der Waals surface area contributed by atoms with E-state index in [1.54, 1.807) is 17.1 Å². The predicted molar refractivity (Wildman–Crippen MR) is 161 cm³/mol. The van der Waals surface area contributed by atoms with E-state index in [1.807, 2.05) is 75.5 Å². The van der Waals surface area contributed by atoms with Gasteiger partial charge < -0.3 is 19.4 Å². The number of hydrogen-bond donors (Lipinski definition) is 1. The zero-order chi connectivity index (χ0) is 29.6. The Morgan fingerprint density at radius 2 is 1.93 bits per heavy atom. The van der Waals surface area contributed by atoms with Crippen molar-refractivity contribution in [2.75, 3.05) is 27.2 Å². The molecular weight excluding hydrogens is 530 g/mol. The number of hydrogen-bond acceptors (Lipinski definition) is 7. The SMILES string of the molecule is CCn1ccc(-c2cc(-c3cnn(Cc4ncco4)c3)cc([C@@H](C)NC(=O)c3cc(OCCN(C)C)ccc3C)c2)n1. The summed E-state index contributed by atoms with van der Waals surface area (Å²) >= 11 is 0. The van der Waals surface area contributed by atoms with Crippen molar-refractivity contribution >= 4 is 5.91 Å². The summed E-state index contributed by atoms with van der Waals surface area (Å²) in [7, 11) is 4.00. The van der Waals surface area contributed by atoms with Crippen LogP contribution in [0.1, 0.15) is 47.3 Å². The number of carbonyl (C=O) groups excluding carboxylic acids is 1. The number of amides is 1. The molecule has 0 saturated carbocycles. The Labute approximate surface area is 245 Å². The molecule has 5 aromatic rings. The number of likely N-dealkylation sites (N-methyl/N-ethyl adjacent to an activating group) is 1. The number of rotatable bonds is 12. The highest BCUT2D eigenvalue weighted by molar-refractivity contribution is 5.96. The molecule has 0 bridgehead atoms. The third-order valence-electron chi connectivity index (χ3n) is 7.07. The number of carbonyl (C=O) groups is 1. The van der Waals surface area contributed by atoms with Crippen molar-refractivity contribution in [3.8, 4) is 28.1 Å². The van der Waals surface area contributed by atoms with Crippen molar-refractivity contribution in [1.82, 2.24) is 34.8 Å². The zero-order valence-electron chi connectivity index (χ0n) is 24.7. The van der Waals surface area contributed by atoms with Gasteiger partial charge in [-0.15, -0.1) is 0 Å². The molecule has 2 aromatic carbocycles. The summed E-state index contributed by atoms with van der Waals surface area (Å²) in [5.74, 6) is 1.11. The van der Waals surface area contributed by atoms with Crippen LogP contribution < -0.4 is 10.1 Å². The first-order valence-electron chi connectivity index (χ1n) is 14.1. The molecule has 42 heavy (non-hydrogen) atoms. The minimum atomic E-state index is -0.274. The van der Waals surface area contributed by atoms with Crippen LogP contribution in [0.4, 0.5) is 0 Å². The van der Waals surface area contributed by atoms with Gasteiger partial charge in [0.05, 0.1) is 24.1 Å². The fourth-order valence-corrected chi connectivity index (χ4v) is 4.62. The van der Waals surface area contributed by atoms with E-state index in [0.717, 1.165) is 46.6 Å². The third kappa shape index (κ3) is 6.95. The summed E-state index contributed by atoms with van der Waals surface area (Å²) in [6, 6.07) is 13.6. The largest absolute Gasteiger partial charge is 0.492 e. The van der Waals surface area contributed by atoms with Gasteiger partial charge in [0.15, 0.2) is 0 Å². The molecule has 1 amide bonds. The average Bonchev–Trinajstić information content (AvgIpc) is 3.76. The van der Waals surface area contributed by atoms with Crippen LogP contribution in [0, 0.1) is 6.92 Å². The van der Waals surface area contributed by atoms with Crippen LogP contribution in [0.3, 0.4) is 0 Å². The lowest BCUT2D eigenvalue weighted by molar-refractivity contribution is 0.0938. The molecule has 5 rings (SSSR count). The number of ether oxygens (including phenoxy) is 1. The maximum atomic E-state index is 13.5. The second-order valence-electron chi connectivity index (χ2n) is 10.6. The summed E-state index contributed by atoms with van der Waals surface area (Å²) < 4.78 is 15.0. The highest BCUT2D eigenvalue weighted by Gasteiger charge is 2.18. The molecule has 0 unspecified atom stereocenters. The van der Waals surface area contributed by atoms with Crippen molar-refractivity contribution in [3.63, 3.8) is 0 Å². The number of benzene rings is 2. The highest BCUT2D eigenvalue weighted by Crippen LogP contribution is 2.30. The minimum Gasteiger partial charge on any atom is -0.492 e. The number of aromatic nitrogens is 5. The van der Waals surface area contributed by atoms with Gasteiger partial charge in [-0.25, -0.2) is 4.98 Å². The molecule has 0 fully saturated rings. The van der Waals surface area contributed by atoms with Gasteiger partial charge in [-0.3, -0.25) is 14.2 Å². The molecule has 0 saturated heterocycles. The lowest BCUT2D eigenvalue weighted by Gasteiger charge is -2.18. The van der Waals surface area contributed by atoms with Gasteiger partial charge in [0.1, 0.15) is 25.2 Å². The first-order chi connectivity index (χ1) is 20.3. The van der Waals surface area contributed by atoms with Gasteiger partial charge in [-0.1, -0.05) is 6.07 Å². The lowest BCUT2D eigenvalue weighted by Crippen LogP contribution is -2.27. The van der Waals surface area contributed by atoms with E-state index in [4.69, 9.17) is 14.3 Å². The van der Waals surface area contributed by atoms with Crippen molar-refractivity contribution in [2.24, 2.45) is 0 Å². The second-order valence-corrected chi connectivity index (χ2v) is 10.6. The van der Waals surface area contributed by atoms with E-state index < -0.39 is 0 Å². The zero-order valence-corrected chi connectivity index (χ0v) is 24.7. The van der Waals surface area contributed by atoms with Crippen LogP contribution in [0.5, 0.6) is 5.75 Å². The monoisotopic (exact) mass is 567 g/mol. The Morgan fingerprint density at radius 3 is 2.67 bits per heavy atom. The van der Waals surface area contributed by atoms with Crippen LogP contribution in [-0.2, 0) is 13.1 Å². The summed E-state index contributed by atoms with van der Waals surface area (Å²) in [6.45, 7) is 8.54. The molecule has 218 valence electrons. The summed E-state index contributed by atoms with van der Waals surface area (Å²) in [4.78, 5) is 19.7. The molecule has 1 N–H and O–H groups in total. The van der Waals surface area contributed by atoms with Crippen molar-refractivity contribution in [1.29, 1.82) is 0 Å². The lowest BCUT2D eigenvalue weighted by atomic mass is 9.96. The van der Waals surface area contributed by atoms with E-state index in [9.17, 15) is 4.79 Å². The number of nitrogens with zero attached hydrogens (tertiary/aromatic N) is 6. The molecular formula is C32H37N7O3. The molecule has 1 atom stereocenters. The van der Waals surface area contributed by atoms with Crippen LogP contribution in [0.25, 0.3) is 22.4 Å². The van der Waals surface area contributed by atoms with Gasteiger partial charge in [0, 0.05) is 42.2 Å². The van der Waals surface area contributed by atoms with Crippen molar-refractivity contribution in [2.45, 2.75) is 39.9 Å². The second kappa shape index (κ2) is 12.9.